The van der Waals surface area contributed by atoms with Gasteiger partial charge in [-0.25, -0.2) is 19.6 Å². The Labute approximate surface area is 321 Å². The second kappa shape index (κ2) is 19.9. The number of hydrogen-bond acceptors (Lipinski definition) is 10. The standard InChI is InChI=1S/C38H43N9O5S2/c1-25-9-7-12-27(21-25)44-37(50)46-35-36(49)47(30-14-6-5-13-29(30)34(45-35)26-10-3-2-4-11-26)18-19-52-38(51)42-16-8-15-32(48)41-17-20-53-23-28-24-54-33(43-28)22-31(39)40/h2-7,9-14,21,24,35H,8,15-20,22-23H2,1H3,(H3,39,40)(H,41,48)(H,42,51)(H2,44,46,50)/t35-/m0/s1. The highest BCUT2D eigenvalue weighted by atomic mass is 32.2. The molecule has 5 rings (SSSR count). The van der Waals surface area contributed by atoms with Crippen LogP contribution in [0.2, 0.25) is 0 Å². The molecule has 54 heavy (non-hydrogen) atoms. The minimum atomic E-state index is -1.28. The molecule has 0 aliphatic carbocycles. The number of para-hydroxylation sites is 1. The van der Waals surface area contributed by atoms with E-state index in [1.54, 1.807) is 30.0 Å². The number of rotatable bonds is 17. The summed E-state index contributed by atoms with van der Waals surface area (Å²) in [6, 6.07) is 23.4. The van der Waals surface area contributed by atoms with Crippen molar-refractivity contribution in [3.8, 4) is 0 Å². The van der Waals surface area contributed by atoms with Gasteiger partial charge < -0.3 is 36.6 Å². The molecule has 2 heterocycles. The Morgan fingerprint density at radius 1 is 1.02 bits per heavy atom. The molecule has 1 aromatic heterocycles. The van der Waals surface area contributed by atoms with Crippen molar-refractivity contribution in [1.29, 1.82) is 5.41 Å². The van der Waals surface area contributed by atoms with E-state index in [0.29, 0.717) is 47.8 Å². The van der Waals surface area contributed by atoms with Crippen LogP contribution in [0.25, 0.3) is 0 Å². The molecule has 1 aliphatic rings. The first-order valence-electron chi connectivity index (χ1n) is 17.4. The zero-order valence-electron chi connectivity index (χ0n) is 29.8. The van der Waals surface area contributed by atoms with Gasteiger partial charge in [0.2, 0.25) is 12.1 Å². The monoisotopic (exact) mass is 769 g/mol. The number of carbonyl (C=O) groups is 4. The van der Waals surface area contributed by atoms with Gasteiger partial charge in [-0.05, 0) is 37.1 Å². The number of thioether (sulfide) groups is 1. The number of nitrogens with zero attached hydrogens (tertiary/aromatic N) is 3. The van der Waals surface area contributed by atoms with Gasteiger partial charge in [-0.15, -0.1) is 11.3 Å². The number of aliphatic imine (C=N–C) groups is 1. The highest BCUT2D eigenvalue weighted by Crippen LogP contribution is 2.28. The van der Waals surface area contributed by atoms with Gasteiger partial charge in [-0.1, -0.05) is 60.7 Å². The van der Waals surface area contributed by atoms with Crippen molar-refractivity contribution in [2.75, 3.05) is 42.2 Å². The molecule has 16 heteroatoms. The zero-order valence-corrected chi connectivity index (χ0v) is 31.4. The summed E-state index contributed by atoms with van der Waals surface area (Å²) in [5, 5.41) is 21.2. The molecule has 282 valence electrons. The lowest BCUT2D eigenvalue weighted by atomic mass is 10.0. The highest BCUT2D eigenvalue weighted by Gasteiger charge is 2.33. The van der Waals surface area contributed by atoms with E-state index < -0.39 is 24.2 Å². The van der Waals surface area contributed by atoms with E-state index in [0.717, 1.165) is 27.6 Å². The number of fused-ring (bicyclic) bond motifs is 1. The molecule has 7 N–H and O–H groups in total. The van der Waals surface area contributed by atoms with Gasteiger partial charge >= 0.3 is 12.1 Å². The number of thiazole rings is 1. The number of amidine groups is 1. The molecule has 0 fully saturated rings. The minimum absolute atomic E-state index is 0.000994. The van der Waals surface area contributed by atoms with Gasteiger partial charge in [-0.2, -0.15) is 11.8 Å². The van der Waals surface area contributed by atoms with Crippen molar-refractivity contribution in [2.24, 2.45) is 10.7 Å². The van der Waals surface area contributed by atoms with E-state index in [9.17, 15) is 19.2 Å². The number of amides is 5. The quantitative estimate of drug-likeness (QED) is 0.0498. The average molecular weight is 770 g/mol. The van der Waals surface area contributed by atoms with E-state index in [1.807, 2.05) is 73.0 Å². The Morgan fingerprint density at radius 2 is 1.81 bits per heavy atom. The normalized spacial score (nSPS) is 13.6. The molecule has 5 amide bonds. The van der Waals surface area contributed by atoms with Crippen LogP contribution in [-0.2, 0) is 26.5 Å². The van der Waals surface area contributed by atoms with Crippen molar-refractivity contribution in [2.45, 2.75) is 38.1 Å². The lowest BCUT2D eigenvalue weighted by molar-refractivity contribution is -0.121. The van der Waals surface area contributed by atoms with Crippen molar-refractivity contribution >= 4 is 70.0 Å². The first kappa shape index (κ1) is 39.5. The van der Waals surface area contributed by atoms with E-state index in [4.69, 9.17) is 20.9 Å². The third-order valence-electron chi connectivity index (χ3n) is 7.96. The van der Waals surface area contributed by atoms with Crippen molar-refractivity contribution in [1.82, 2.24) is 20.9 Å². The molecule has 1 atom stereocenters. The molecule has 3 aromatic carbocycles. The van der Waals surface area contributed by atoms with Crippen molar-refractivity contribution in [3.05, 3.63) is 112 Å². The number of urea groups is 1. The zero-order chi connectivity index (χ0) is 38.3. The summed E-state index contributed by atoms with van der Waals surface area (Å²) in [7, 11) is 0. The lowest BCUT2D eigenvalue weighted by Crippen LogP contribution is -2.49. The van der Waals surface area contributed by atoms with E-state index >= 15 is 0 Å². The lowest BCUT2D eigenvalue weighted by Gasteiger charge is -2.25. The van der Waals surface area contributed by atoms with Gasteiger partial charge in [-0.3, -0.25) is 15.0 Å². The number of aromatic nitrogens is 1. The molecule has 0 saturated carbocycles. The summed E-state index contributed by atoms with van der Waals surface area (Å²) in [4.78, 5) is 62.6. The van der Waals surface area contributed by atoms with E-state index in [1.165, 1.54) is 16.2 Å². The van der Waals surface area contributed by atoms with Gasteiger partial charge in [0, 0.05) is 53.2 Å². The largest absolute Gasteiger partial charge is 0.448 e. The van der Waals surface area contributed by atoms with E-state index in [-0.39, 0.29) is 37.9 Å². The number of hydrogen-bond donors (Lipinski definition) is 6. The molecule has 0 spiro atoms. The number of nitrogens with two attached hydrogens (primary N) is 1. The number of anilines is 2. The molecule has 0 unspecified atom stereocenters. The maximum atomic E-state index is 14.1. The fourth-order valence-electron chi connectivity index (χ4n) is 5.50. The molecule has 4 aromatic rings. The summed E-state index contributed by atoms with van der Waals surface area (Å²) in [6.07, 6.45) is -0.943. The Morgan fingerprint density at radius 3 is 2.61 bits per heavy atom. The molecular formula is C38H43N9O5S2. The predicted molar refractivity (Wildman–Crippen MR) is 213 cm³/mol. The van der Waals surface area contributed by atoms with Crippen LogP contribution in [-0.4, -0.2) is 78.6 Å². The van der Waals surface area contributed by atoms with Crippen molar-refractivity contribution < 1.29 is 23.9 Å². The fraction of sp³-hybridized carbons (Fsp3) is 0.289. The summed E-state index contributed by atoms with van der Waals surface area (Å²) >= 11 is 3.13. The second-order valence-corrected chi connectivity index (χ2v) is 14.3. The van der Waals surface area contributed by atoms with Gasteiger partial charge in [0.15, 0.2) is 0 Å². The maximum absolute atomic E-state index is 14.1. The Balaban J connectivity index is 1.09. The van der Waals surface area contributed by atoms with Crippen LogP contribution < -0.4 is 31.9 Å². The topological polar surface area (TPSA) is 204 Å². The fourth-order valence-corrected chi connectivity index (χ4v) is 7.17. The number of benzene rings is 3. The van der Waals surface area contributed by atoms with Crippen LogP contribution in [0.15, 0.2) is 89.2 Å². The van der Waals surface area contributed by atoms with Crippen LogP contribution >= 0.6 is 23.1 Å². The Bertz CT molecular complexity index is 1970. The smallest absolute Gasteiger partial charge is 0.407 e. The first-order chi connectivity index (χ1) is 26.2. The number of alkyl carbamates (subject to hydrolysis) is 1. The van der Waals surface area contributed by atoms with Gasteiger partial charge in [0.25, 0.3) is 5.91 Å². The third kappa shape index (κ3) is 11.9. The summed E-state index contributed by atoms with van der Waals surface area (Å²) in [5.41, 5.74) is 10.4. The summed E-state index contributed by atoms with van der Waals surface area (Å²) < 4.78 is 5.42. The summed E-state index contributed by atoms with van der Waals surface area (Å²) in [5.74, 6) is 0.903. The van der Waals surface area contributed by atoms with Crippen LogP contribution in [0.1, 0.15) is 40.2 Å². The molecule has 0 saturated heterocycles. The number of benzodiazepines with no additional fused rings is 1. The van der Waals surface area contributed by atoms with Crippen LogP contribution in [0, 0.1) is 12.3 Å². The summed E-state index contributed by atoms with van der Waals surface area (Å²) in [6.45, 7) is 2.52. The molecule has 0 bridgehead atoms. The third-order valence-corrected chi connectivity index (χ3v) is 9.85. The Kier molecular flexibility index (Phi) is 14.6. The number of carbonyl (C=O) groups excluding carboxylic acids is 4. The first-order valence-corrected chi connectivity index (χ1v) is 19.4. The van der Waals surface area contributed by atoms with Crippen molar-refractivity contribution in [3.63, 3.8) is 0 Å². The average Bonchev–Trinajstić information content (AvgIpc) is 3.55. The molecular weight excluding hydrogens is 727 g/mol. The predicted octanol–water partition coefficient (Wildman–Crippen LogP) is 4.82. The molecule has 1 aliphatic heterocycles. The maximum Gasteiger partial charge on any atom is 0.407 e. The van der Waals surface area contributed by atoms with Gasteiger partial charge in [0.1, 0.15) is 11.6 Å². The second-order valence-electron chi connectivity index (χ2n) is 12.2. The highest BCUT2D eigenvalue weighted by molar-refractivity contribution is 7.98. The number of aryl methyl sites for hydroxylation is 1. The van der Waals surface area contributed by atoms with Crippen LogP contribution in [0.5, 0.6) is 0 Å². The number of ether oxygens (including phenoxy) is 1. The molecule has 0 radical (unpaired) electrons. The molecule has 14 nitrogen and oxygen atoms in total. The van der Waals surface area contributed by atoms with Gasteiger partial charge in [0.05, 0.1) is 35.9 Å². The Hall–Kier alpha value is -5.74. The SMILES string of the molecule is Cc1cccc(NC(=O)N[C@@H]2N=C(c3ccccc3)c3ccccc3N(CCOC(=O)NCCCC(=O)NCCSCc3csc(CC(=N)N)n3)C2=O)c1. The van der Waals surface area contributed by atoms with Crippen LogP contribution in [0.4, 0.5) is 21.0 Å². The van der Waals surface area contributed by atoms with Crippen LogP contribution in [0.3, 0.4) is 0 Å². The minimum Gasteiger partial charge on any atom is -0.448 e. The van der Waals surface area contributed by atoms with E-state index in [2.05, 4.69) is 26.3 Å². The number of nitrogens with one attached hydrogen (secondary N) is 5.